The van der Waals surface area contributed by atoms with Crippen molar-refractivity contribution in [1.29, 1.82) is 0 Å². The molecule has 0 radical (unpaired) electrons. The summed E-state index contributed by atoms with van der Waals surface area (Å²) >= 11 is 11.8. The predicted octanol–water partition coefficient (Wildman–Crippen LogP) is 4.00. The highest BCUT2D eigenvalue weighted by Gasteiger charge is 2.25. The summed E-state index contributed by atoms with van der Waals surface area (Å²) in [6.45, 7) is 0.780. The summed E-state index contributed by atoms with van der Waals surface area (Å²) < 4.78 is 25.7. The van der Waals surface area contributed by atoms with Crippen LogP contribution in [0.5, 0.6) is 0 Å². The Bertz CT molecular complexity index is 698. The average molecular weight is 346 g/mol. The number of nitrogens with zero attached hydrogens (tertiary/aromatic N) is 3. The summed E-state index contributed by atoms with van der Waals surface area (Å²) in [5.74, 6) is -0.422. The first-order chi connectivity index (χ1) is 10.4. The number of carbonyl (C=O) groups is 1. The van der Waals surface area contributed by atoms with Crippen LogP contribution in [0.15, 0.2) is 30.5 Å². The molecule has 1 amide bonds. The van der Waals surface area contributed by atoms with Gasteiger partial charge in [0.05, 0.1) is 17.8 Å². The molecule has 0 N–H and O–H groups in total. The number of amides is 1. The van der Waals surface area contributed by atoms with E-state index in [1.54, 1.807) is 19.1 Å². The van der Waals surface area contributed by atoms with Crippen molar-refractivity contribution in [3.05, 3.63) is 52.0 Å². The van der Waals surface area contributed by atoms with Gasteiger partial charge in [-0.15, -0.1) is 0 Å². The van der Waals surface area contributed by atoms with Crippen molar-refractivity contribution >= 4 is 34.8 Å². The van der Waals surface area contributed by atoms with Crippen LogP contribution in [0, 0.1) is 6.92 Å². The highest BCUT2D eigenvalue weighted by molar-refractivity contribution is 6.34. The van der Waals surface area contributed by atoms with Crippen molar-refractivity contribution < 1.29 is 13.6 Å². The number of carbonyl (C=O) groups excluding carboxylic acids is 1. The molecule has 0 aliphatic carbocycles. The van der Waals surface area contributed by atoms with Gasteiger partial charge in [0.1, 0.15) is 5.82 Å². The summed E-state index contributed by atoms with van der Waals surface area (Å²) in [6.07, 6.45) is -1.46. The van der Waals surface area contributed by atoms with E-state index in [0.29, 0.717) is 10.8 Å². The molecule has 2 rings (SSSR count). The lowest BCUT2D eigenvalue weighted by Gasteiger charge is -2.22. The Hall–Kier alpha value is -1.79. The summed E-state index contributed by atoms with van der Waals surface area (Å²) in [7, 11) is 0. The molecule has 0 aliphatic heterocycles. The van der Waals surface area contributed by atoms with Crippen LogP contribution in [0.3, 0.4) is 0 Å². The molecule has 8 heteroatoms. The van der Waals surface area contributed by atoms with Crippen molar-refractivity contribution in [1.82, 2.24) is 9.97 Å². The molecule has 116 valence electrons. The molecule has 1 heterocycles. The van der Waals surface area contributed by atoms with Gasteiger partial charge in [0.15, 0.2) is 5.69 Å². The topological polar surface area (TPSA) is 46.1 Å². The van der Waals surface area contributed by atoms with Crippen molar-refractivity contribution in [3.63, 3.8) is 0 Å². The SMILES string of the molecule is Cc1ncc(Cl)c(C(=O)N(CC(F)F)c2cccc(Cl)c2)n1. The molecule has 1 aromatic heterocycles. The molecule has 2 aromatic rings. The third-order valence-corrected chi connectivity index (χ3v) is 3.26. The van der Waals surface area contributed by atoms with E-state index in [9.17, 15) is 13.6 Å². The third-order valence-electron chi connectivity index (χ3n) is 2.75. The zero-order valence-corrected chi connectivity index (χ0v) is 12.9. The van der Waals surface area contributed by atoms with Gasteiger partial charge < -0.3 is 4.90 Å². The molecule has 0 unspecified atom stereocenters. The van der Waals surface area contributed by atoms with Gasteiger partial charge in [0, 0.05) is 10.7 Å². The lowest BCUT2D eigenvalue weighted by Crippen LogP contribution is -2.36. The molecule has 0 fully saturated rings. The monoisotopic (exact) mass is 345 g/mol. The molecule has 22 heavy (non-hydrogen) atoms. The molecule has 0 spiro atoms. The first-order valence-electron chi connectivity index (χ1n) is 6.23. The number of halogens is 4. The average Bonchev–Trinajstić information content (AvgIpc) is 2.46. The standard InChI is InChI=1S/C14H11Cl2F2N3O/c1-8-19-6-11(16)13(20-8)14(22)21(7-12(17)18)10-4-2-3-9(15)5-10/h2-6,12H,7H2,1H3. The van der Waals surface area contributed by atoms with E-state index >= 15 is 0 Å². The Morgan fingerprint density at radius 3 is 2.73 bits per heavy atom. The number of anilines is 1. The van der Waals surface area contributed by atoms with Crippen molar-refractivity contribution in [2.24, 2.45) is 0 Å². The van der Waals surface area contributed by atoms with Crippen LogP contribution in [-0.4, -0.2) is 28.8 Å². The van der Waals surface area contributed by atoms with Gasteiger partial charge in [-0.3, -0.25) is 4.79 Å². The Balaban J connectivity index is 2.45. The smallest absolute Gasteiger partial charge is 0.278 e. The van der Waals surface area contributed by atoms with Gasteiger partial charge in [-0.05, 0) is 25.1 Å². The highest BCUT2D eigenvalue weighted by atomic mass is 35.5. The molecule has 0 bridgehead atoms. The van der Waals surface area contributed by atoms with Crippen molar-refractivity contribution in [2.75, 3.05) is 11.4 Å². The minimum atomic E-state index is -2.72. The fraction of sp³-hybridized carbons (Fsp3) is 0.214. The van der Waals surface area contributed by atoms with Gasteiger partial charge in [0.2, 0.25) is 0 Å². The molecular formula is C14H11Cl2F2N3O. The number of aromatic nitrogens is 2. The van der Waals surface area contributed by atoms with Crippen LogP contribution in [0.4, 0.5) is 14.5 Å². The highest BCUT2D eigenvalue weighted by Crippen LogP contribution is 2.24. The number of aryl methyl sites for hydroxylation is 1. The first kappa shape index (κ1) is 16.6. The minimum absolute atomic E-state index is 0.00288. The van der Waals surface area contributed by atoms with Crippen LogP contribution in [0.2, 0.25) is 10.0 Å². The van der Waals surface area contributed by atoms with Crippen LogP contribution < -0.4 is 4.90 Å². The molecule has 4 nitrogen and oxygen atoms in total. The number of rotatable bonds is 4. The molecule has 0 saturated carbocycles. The maximum Gasteiger partial charge on any atom is 0.278 e. The molecular weight excluding hydrogens is 335 g/mol. The second kappa shape index (κ2) is 6.98. The number of hydrogen-bond acceptors (Lipinski definition) is 3. The van der Waals surface area contributed by atoms with Gasteiger partial charge in [-0.25, -0.2) is 18.7 Å². The van der Waals surface area contributed by atoms with E-state index in [4.69, 9.17) is 23.2 Å². The van der Waals surface area contributed by atoms with Gasteiger partial charge in [-0.2, -0.15) is 0 Å². The second-order valence-electron chi connectivity index (χ2n) is 4.40. The van der Waals surface area contributed by atoms with Crippen LogP contribution in [0.25, 0.3) is 0 Å². The Morgan fingerprint density at radius 1 is 1.36 bits per heavy atom. The maximum atomic E-state index is 12.8. The van der Waals surface area contributed by atoms with E-state index in [-0.39, 0.29) is 16.4 Å². The predicted molar refractivity (Wildman–Crippen MR) is 80.9 cm³/mol. The largest absolute Gasteiger partial charge is 0.301 e. The van der Waals surface area contributed by atoms with E-state index in [0.717, 1.165) is 4.90 Å². The normalized spacial score (nSPS) is 10.8. The van der Waals surface area contributed by atoms with Gasteiger partial charge >= 0.3 is 0 Å². The number of benzene rings is 1. The lowest BCUT2D eigenvalue weighted by atomic mass is 10.2. The lowest BCUT2D eigenvalue weighted by molar-refractivity contribution is 0.0940. The Morgan fingerprint density at radius 2 is 2.09 bits per heavy atom. The fourth-order valence-electron chi connectivity index (χ4n) is 1.82. The van der Waals surface area contributed by atoms with Crippen LogP contribution >= 0.6 is 23.2 Å². The fourth-order valence-corrected chi connectivity index (χ4v) is 2.18. The maximum absolute atomic E-state index is 12.8. The molecule has 1 aromatic carbocycles. The van der Waals surface area contributed by atoms with Crippen LogP contribution in [0.1, 0.15) is 16.3 Å². The van der Waals surface area contributed by atoms with Crippen molar-refractivity contribution in [2.45, 2.75) is 13.3 Å². The Kier molecular flexibility index (Phi) is 5.26. The zero-order valence-electron chi connectivity index (χ0n) is 11.4. The van der Waals surface area contributed by atoms with Gasteiger partial charge in [-0.1, -0.05) is 29.3 Å². The van der Waals surface area contributed by atoms with E-state index in [1.807, 2.05) is 0 Å². The zero-order chi connectivity index (χ0) is 16.3. The molecule has 0 aliphatic rings. The van der Waals surface area contributed by atoms with Gasteiger partial charge in [0.25, 0.3) is 12.3 Å². The third kappa shape index (κ3) is 3.90. The Labute approximate surface area is 135 Å². The number of hydrogen-bond donors (Lipinski definition) is 0. The van der Waals surface area contributed by atoms with E-state index < -0.39 is 18.9 Å². The first-order valence-corrected chi connectivity index (χ1v) is 6.99. The molecule has 0 saturated heterocycles. The summed E-state index contributed by atoms with van der Waals surface area (Å²) in [5, 5.41) is 0.325. The molecule has 0 atom stereocenters. The minimum Gasteiger partial charge on any atom is -0.301 e. The second-order valence-corrected chi connectivity index (χ2v) is 5.24. The van der Waals surface area contributed by atoms with E-state index in [2.05, 4.69) is 9.97 Å². The summed E-state index contributed by atoms with van der Waals surface area (Å²) in [5.41, 5.74) is 0.111. The summed E-state index contributed by atoms with van der Waals surface area (Å²) in [6, 6.07) is 6.08. The van der Waals surface area contributed by atoms with E-state index in [1.165, 1.54) is 18.3 Å². The van der Waals surface area contributed by atoms with Crippen molar-refractivity contribution in [3.8, 4) is 0 Å². The number of alkyl halides is 2. The van der Waals surface area contributed by atoms with Crippen LogP contribution in [-0.2, 0) is 0 Å². The summed E-state index contributed by atoms with van der Waals surface area (Å²) in [4.78, 5) is 21.2. The quantitative estimate of drug-likeness (QED) is 0.841.